The van der Waals surface area contributed by atoms with Crippen molar-refractivity contribution in [2.75, 3.05) is 6.61 Å². The van der Waals surface area contributed by atoms with Gasteiger partial charge in [-0.05, 0) is 5.92 Å². The second-order valence-corrected chi connectivity index (χ2v) is 1.58. The van der Waals surface area contributed by atoms with E-state index >= 15 is 0 Å². The first-order chi connectivity index (χ1) is 2.27. The average molecular weight is 224 g/mol. The number of rotatable bonds is 1. The Labute approximate surface area is 71.2 Å². The summed E-state index contributed by atoms with van der Waals surface area (Å²) >= 11 is 0. The fourth-order valence-electron chi connectivity index (χ4n) is 0. The molecular formula is C4H10OSm. The molecule has 0 amide bonds. The number of hydrogen-bond acceptors (Lipinski definition) is 1. The molecule has 0 bridgehead atoms. The van der Waals surface area contributed by atoms with Crippen molar-refractivity contribution in [1.29, 1.82) is 0 Å². The minimum absolute atomic E-state index is 0. The molecule has 0 aromatic heterocycles. The maximum absolute atomic E-state index is 8.14. The number of aliphatic hydroxyl groups excluding tert-OH is 1. The first kappa shape index (κ1) is 10.3. The zero-order valence-electron chi connectivity index (χ0n) is 4.14. The number of aliphatic hydroxyl groups is 1. The van der Waals surface area contributed by atoms with Crippen LogP contribution >= 0.6 is 0 Å². The smallest absolute Gasteiger partial charge is 0.0453 e. The second-order valence-electron chi connectivity index (χ2n) is 1.58. The van der Waals surface area contributed by atoms with E-state index in [4.69, 9.17) is 5.11 Å². The molecular weight excluding hydrogens is 214 g/mol. The Morgan fingerprint density at radius 2 is 1.67 bits per heavy atom. The minimum atomic E-state index is 0. The predicted molar refractivity (Wildman–Crippen MR) is 21.9 cm³/mol. The van der Waals surface area contributed by atoms with Gasteiger partial charge in [-0.15, -0.1) is 0 Å². The van der Waals surface area contributed by atoms with Crippen LogP contribution < -0.4 is 0 Å². The third kappa shape index (κ3) is 9.00. The Balaban J connectivity index is 0. The van der Waals surface area contributed by atoms with Crippen molar-refractivity contribution in [3.05, 3.63) is 0 Å². The van der Waals surface area contributed by atoms with E-state index in [2.05, 4.69) is 0 Å². The molecule has 6 heavy (non-hydrogen) atoms. The van der Waals surface area contributed by atoms with Gasteiger partial charge in [0.1, 0.15) is 0 Å². The van der Waals surface area contributed by atoms with Crippen LogP contribution in [0.2, 0.25) is 0 Å². The van der Waals surface area contributed by atoms with Crippen molar-refractivity contribution in [3.8, 4) is 0 Å². The fourth-order valence-corrected chi connectivity index (χ4v) is 0. The molecule has 0 aromatic rings. The Kier molecular flexibility index (Phi) is 10.8. The van der Waals surface area contributed by atoms with Crippen LogP contribution in [0, 0.1) is 46.3 Å². The van der Waals surface area contributed by atoms with Crippen molar-refractivity contribution in [3.63, 3.8) is 0 Å². The molecule has 0 rings (SSSR count). The van der Waals surface area contributed by atoms with Crippen LogP contribution in [0.25, 0.3) is 0 Å². The van der Waals surface area contributed by atoms with Gasteiger partial charge in [-0.1, -0.05) is 13.8 Å². The molecule has 0 spiro atoms. The van der Waals surface area contributed by atoms with Gasteiger partial charge in [0.05, 0.1) is 0 Å². The van der Waals surface area contributed by atoms with E-state index in [1.807, 2.05) is 13.8 Å². The van der Waals surface area contributed by atoms with Gasteiger partial charge < -0.3 is 5.11 Å². The topological polar surface area (TPSA) is 20.2 Å². The summed E-state index contributed by atoms with van der Waals surface area (Å²) in [5.41, 5.74) is 0. The van der Waals surface area contributed by atoms with Gasteiger partial charge in [-0.25, -0.2) is 0 Å². The van der Waals surface area contributed by atoms with Crippen molar-refractivity contribution < 1.29 is 45.5 Å². The van der Waals surface area contributed by atoms with Crippen molar-refractivity contribution in [1.82, 2.24) is 0 Å². The molecule has 0 radical (unpaired) electrons. The summed E-state index contributed by atoms with van der Waals surface area (Å²) in [5, 5.41) is 8.14. The third-order valence-electron chi connectivity index (χ3n) is 0.365. The monoisotopic (exact) mass is 226 g/mol. The van der Waals surface area contributed by atoms with Crippen LogP contribution in [0.4, 0.5) is 0 Å². The van der Waals surface area contributed by atoms with Gasteiger partial charge in [0.2, 0.25) is 0 Å². The minimum Gasteiger partial charge on any atom is -0.396 e. The zero-order chi connectivity index (χ0) is 4.28. The van der Waals surface area contributed by atoms with Gasteiger partial charge in [0.15, 0.2) is 0 Å². The van der Waals surface area contributed by atoms with Gasteiger partial charge in [0.25, 0.3) is 0 Å². The van der Waals surface area contributed by atoms with Crippen LogP contribution in [0.5, 0.6) is 0 Å². The molecule has 1 nitrogen and oxygen atoms in total. The summed E-state index contributed by atoms with van der Waals surface area (Å²) in [6, 6.07) is 0. The normalized spacial score (nSPS) is 8.00. The van der Waals surface area contributed by atoms with Gasteiger partial charge in [-0.2, -0.15) is 0 Å². The second kappa shape index (κ2) is 6.30. The van der Waals surface area contributed by atoms with Crippen LogP contribution in [-0.4, -0.2) is 11.7 Å². The van der Waals surface area contributed by atoms with E-state index in [9.17, 15) is 0 Å². The van der Waals surface area contributed by atoms with Crippen LogP contribution in [0.15, 0.2) is 0 Å². The average Bonchev–Trinajstić information content (AvgIpc) is 1.38. The van der Waals surface area contributed by atoms with Crippen LogP contribution in [0.1, 0.15) is 13.8 Å². The first-order valence-electron chi connectivity index (χ1n) is 1.88. The molecule has 0 aliphatic heterocycles. The molecule has 38 valence electrons. The summed E-state index contributed by atoms with van der Waals surface area (Å²) in [7, 11) is 0. The standard InChI is InChI=1S/C4H10O.Sm/c1-4(2)3-5;/h4-5H,3H2,1-2H3;. The van der Waals surface area contributed by atoms with Crippen LogP contribution in [-0.2, 0) is 0 Å². The quantitative estimate of drug-likeness (QED) is 0.693. The zero-order valence-corrected chi connectivity index (χ0v) is 6.76. The molecule has 0 saturated carbocycles. The molecule has 0 atom stereocenters. The maximum atomic E-state index is 8.14. The van der Waals surface area contributed by atoms with Gasteiger partial charge in [0, 0.05) is 47.0 Å². The van der Waals surface area contributed by atoms with E-state index in [1.54, 1.807) is 0 Å². The summed E-state index contributed by atoms with van der Waals surface area (Å²) in [6.07, 6.45) is 0. The van der Waals surface area contributed by atoms with Crippen LogP contribution in [0.3, 0.4) is 0 Å². The summed E-state index contributed by atoms with van der Waals surface area (Å²) in [4.78, 5) is 0. The Hall–Kier alpha value is 1.30. The SMILES string of the molecule is CC(C)CO.[Sm]. The molecule has 0 fully saturated rings. The molecule has 0 saturated heterocycles. The fraction of sp³-hybridized carbons (Fsp3) is 1.00. The molecule has 0 unspecified atom stereocenters. The Morgan fingerprint density at radius 1 is 1.50 bits per heavy atom. The molecule has 0 aromatic carbocycles. The predicted octanol–water partition coefficient (Wildman–Crippen LogP) is 0.635. The van der Waals surface area contributed by atoms with Gasteiger partial charge >= 0.3 is 0 Å². The van der Waals surface area contributed by atoms with Gasteiger partial charge in [-0.3, -0.25) is 0 Å². The largest absolute Gasteiger partial charge is 0.396 e. The first-order valence-corrected chi connectivity index (χ1v) is 1.88. The Morgan fingerprint density at radius 3 is 1.67 bits per heavy atom. The van der Waals surface area contributed by atoms with E-state index in [0.29, 0.717) is 12.5 Å². The van der Waals surface area contributed by atoms with Crippen molar-refractivity contribution in [2.45, 2.75) is 13.8 Å². The Bertz CT molecular complexity index is 21.5. The summed E-state index contributed by atoms with van der Waals surface area (Å²) < 4.78 is 0. The molecule has 0 aliphatic carbocycles. The van der Waals surface area contributed by atoms with Crippen molar-refractivity contribution >= 4 is 0 Å². The molecule has 2 heteroatoms. The number of hydrogen-bond donors (Lipinski definition) is 1. The summed E-state index contributed by atoms with van der Waals surface area (Å²) in [5.74, 6) is 0.440. The molecule has 0 aliphatic rings. The van der Waals surface area contributed by atoms with E-state index in [0.717, 1.165) is 0 Å². The van der Waals surface area contributed by atoms with Crippen molar-refractivity contribution in [2.24, 2.45) is 5.92 Å². The van der Waals surface area contributed by atoms with E-state index in [-0.39, 0.29) is 40.4 Å². The maximum Gasteiger partial charge on any atom is 0.0453 e. The molecule has 0 heterocycles. The third-order valence-corrected chi connectivity index (χ3v) is 0.365. The van der Waals surface area contributed by atoms with E-state index in [1.165, 1.54) is 0 Å². The summed E-state index contributed by atoms with van der Waals surface area (Å²) in [6.45, 7) is 4.25. The van der Waals surface area contributed by atoms with E-state index < -0.39 is 0 Å². The molecule has 1 N–H and O–H groups in total.